The number of unbranched alkanes of at least 4 members (excludes halogenated alkanes) is 1. The van der Waals surface area contributed by atoms with Crippen molar-refractivity contribution in [2.75, 3.05) is 124 Å². The highest BCUT2D eigenvalue weighted by Gasteiger charge is 2.50. The molecule has 1 N–H and O–H groups in total. The number of nitrogens with one attached hydrogen (secondary N) is 1. The van der Waals surface area contributed by atoms with Crippen molar-refractivity contribution in [1.29, 1.82) is 0 Å². The molecule has 2 atom stereocenters. The first-order valence-electron chi connectivity index (χ1n) is 33.2. The van der Waals surface area contributed by atoms with Crippen LogP contribution in [0, 0.1) is 5.82 Å². The van der Waals surface area contributed by atoms with E-state index in [2.05, 4.69) is 32.1 Å². The third kappa shape index (κ3) is 17.9. The molecule has 3 aliphatic heterocycles. The van der Waals surface area contributed by atoms with Crippen LogP contribution in [0.2, 0.25) is 0 Å². The Labute approximate surface area is 562 Å². The molecular weight excluding hydrogens is 1260 g/mol. The largest absolute Gasteiger partial charge is 0.446 e. The summed E-state index contributed by atoms with van der Waals surface area (Å²) in [5.74, 6) is -1.85. The van der Waals surface area contributed by atoms with Crippen molar-refractivity contribution in [1.82, 2.24) is 29.4 Å². The van der Waals surface area contributed by atoms with Crippen LogP contribution in [0.5, 0.6) is 0 Å². The molecule has 3 saturated heterocycles. The van der Waals surface area contributed by atoms with Gasteiger partial charge in [-0.05, 0) is 154 Å². The van der Waals surface area contributed by atoms with Crippen molar-refractivity contribution in [3.63, 3.8) is 0 Å². The van der Waals surface area contributed by atoms with Crippen LogP contribution in [0.25, 0.3) is 11.1 Å². The second kappa shape index (κ2) is 31.4. The second-order valence-electron chi connectivity index (χ2n) is 26.1. The number of carbonyl (C=O) groups excluding carboxylic acids is 5. The van der Waals surface area contributed by atoms with Crippen molar-refractivity contribution < 1.29 is 68.9 Å². The molecule has 4 aliphatic rings. The molecule has 518 valence electrons. The Morgan fingerprint density at radius 1 is 0.639 bits per heavy atom. The van der Waals surface area contributed by atoms with Gasteiger partial charge in [0.1, 0.15) is 30.9 Å². The second-order valence-corrected chi connectivity index (χ2v) is 26.1. The molecule has 0 radical (unpaired) electrons. The van der Waals surface area contributed by atoms with E-state index in [1.165, 1.54) is 24.3 Å². The van der Waals surface area contributed by atoms with E-state index in [0.717, 1.165) is 84.7 Å². The third-order valence-corrected chi connectivity index (χ3v) is 19.7. The van der Waals surface area contributed by atoms with Gasteiger partial charge in [-0.3, -0.25) is 24.5 Å². The maximum absolute atomic E-state index is 14.2. The number of halogens is 7. The van der Waals surface area contributed by atoms with E-state index in [4.69, 9.17) is 14.2 Å². The summed E-state index contributed by atoms with van der Waals surface area (Å²) >= 11 is 0. The average molecular weight is 1350 g/mol. The van der Waals surface area contributed by atoms with Gasteiger partial charge in [-0.15, -0.1) is 0 Å². The fourth-order valence-corrected chi connectivity index (χ4v) is 13.8. The highest BCUT2D eigenvalue weighted by molar-refractivity contribution is 5.95. The van der Waals surface area contributed by atoms with E-state index in [-0.39, 0.29) is 55.6 Å². The zero-order chi connectivity index (χ0) is 69.1. The van der Waals surface area contributed by atoms with Gasteiger partial charge in [0.2, 0.25) is 11.8 Å². The lowest BCUT2D eigenvalue weighted by Crippen LogP contribution is -2.50. The zero-order valence-corrected chi connectivity index (χ0v) is 55.3. The molecule has 0 aromatic heterocycles. The first-order valence-corrected chi connectivity index (χ1v) is 33.2. The van der Waals surface area contributed by atoms with Gasteiger partial charge in [0, 0.05) is 115 Å². The Kier molecular flexibility index (Phi) is 23.1. The summed E-state index contributed by atoms with van der Waals surface area (Å²) in [6, 6.07) is 39.4. The van der Waals surface area contributed by atoms with Crippen molar-refractivity contribution in [2.45, 2.75) is 99.8 Å². The summed E-state index contributed by atoms with van der Waals surface area (Å²) in [5, 5.41) is 2.93. The molecule has 0 bridgehead atoms. The predicted octanol–water partition coefficient (Wildman–Crippen LogP) is 12.6. The first-order chi connectivity index (χ1) is 46.4. The molecule has 16 nitrogen and oxygen atoms in total. The summed E-state index contributed by atoms with van der Waals surface area (Å²) in [7, 11) is 7.29. The van der Waals surface area contributed by atoms with Crippen LogP contribution in [0.3, 0.4) is 0 Å². The van der Waals surface area contributed by atoms with E-state index < -0.39 is 64.6 Å². The standard InChI is InChI=1S/C74H85F7N8O8/c1-83(35-13-12-21-66(90)85(3)43-44-87-38-30-61(31-39-87)97-70(94)82-64-20-11-9-18-62(64)52-15-6-5-7-16-52)60-28-22-53(23-29-60)68(92)86(4)37-14-36-84(2)67(91)49-95-65-47-54-17-8-10-19-63(54)71(65)32-40-88(41-33-71)42-34-72(56-24-26-59(75)27-25-56)50-89(51-96-72)69(93)55-45-57(73(76,77)78)48-58(46-55)74(79,80)81/h5-11,15-20,22-29,45-46,48,61,65H,12-14,21,30-44,47,49-51H2,1-4H3,(H,82,94)/t65-,72+/m0/s1. The highest BCUT2D eigenvalue weighted by atomic mass is 19.4. The van der Waals surface area contributed by atoms with Crippen LogP contribution in [-0.2, 0) is 53.6 Å². The van der Waals surface area contributed by atoms with Crippen LogP contribution in [-0.4, -0.2) is 185 Å². The van der Waals surface area contributed by atoms with Gasteiger partial charge in [0.25, 0.3) is 11.8 Å². The fraction of sp³-hybridized carbons (Fsp3) is 0.446. The van der Waals surface area contributed by atoms with Crippen LogP contribution >= 0.6 is 0 Å². The molecule has 97 heavy (non-hydrogen) atoms. The van der Waals surface area contributed by atoms with Gasteiger partial charge in [0.05, 0.1) is 29.5 Å². The summed E-state index contributed by atoms with van der Waals surface area (Å²) < 4.78 is 116. The molecule has 6 aromatic carbocycles. The van der Waals surface area contributed by atoms with Gasteiger partial charge in [-0.2, -0.15) is 26.3 Å². The number of piperidine rings is 2. The maximum Gasteiger partial charge on any atom is 0.416 e. The molecule has 23 heteroatoms. The smallest absolute Gasteiger partial charge is 0.416 e. The summed E-state index contributed by atoms with van der Waals surface area (Å²) in [6.07, 6.45) is -5.09. The number of amides is 5. The maximum atomic E-state index is 14.2. The minimum Gasteiger partial charge on any atom is -0.446 e. The molecule has 10 rings (SSSR count). The number of anilines is 2. The van der Waals surface area contributed by atoms with Crippen molar-refractivity contribution in [2.24, 2.45) is 0 Å². The van der Waals surface area contributed by atoms with E-state index >= 15 is 0 Å². The Morgan fingerprint density at radius 3 is 1.96 bits per heavy atom. The molecule has 5 amide bonds. The number of para-hydroxylation sites is 1. The number of rotatable bonds is 25. The van der Waals surface area contributed by atoms with E-state index in [9.17, 15) is 54.7 Å². The number of carbonyl (C=O) groups is 5. The normalized spacial score (nSPS) is 18.2. The number of likely N-dealkylation sites (tertiary alicyclic amines) is 2. The van der Waals surface area contributed by atoms with E-state index in [1.54, 1.807) is 28.8 Å². The lowest BCUT2D eigenvalue weighted by atomic mass is 9.72. The van der Waals surface area contributed by atoms with Crippen molar-refractivity contribution >= 4 is 41.1 Å². The van der Waals surface area contributed by atoms with Crippen molar-refractivity contribution in [3.8, 4) is 11.1 Å². The number of likely N-dealkylation sites (N-methyl/N-ethyl adjacent to an activating group) is 2. The van der Waals surface area contributed by atoms with E-state index in [0.29, 0.717) is 100 Å². The van der Waals surface area contributed by atoms with Crippen molar-refractivity contribution in [3.05, 3.63) is 190 Å². The molecule has 0 saturated carbocycles. The van der Waals surface area contributed by atoms with Gasteiger partial charge in [-0.25, -0.2) is 9.18 Å². The number of nitrogens with zero attached hydrogens (tertiary/aromatic N) is 7. The molecule has 1 spiro atoms. The van der Waals surface area contributed by atoms with Gasteiger partial charge < -0.3 is 48.5 Å². The number of benzene rings is 6. The molecule has 3 heterocycles. The molecular formula is C74H85F7N8O8. The van der Waals surface area contributed by atoms with Gasteiger partial charge >= 0.3 is 18.4 Å². The number of hydrogen-bond donors (Lipinski definition) is 1. The molecule has 3 fully saturated rings. The van der Waals surface area contributed by atoms with Gasteiger partial charge in [-0.1, -0.05) is 84.9 Å². The lowest BCUT2D eigenvalue weighted by Gasteiger charge is -2.44. The Hall–Kier alpha value is -8.38. The highest BCUT2D eigenvalue weighted by Crippen LogP contribution is 2.49. The minimum absolute atomic E-state index is 0.0286. The molecule has 0 unspecified atom stereocenters. The number of hydrogen-bond acceptors (Lipinski definition) is 11. The Morgan fingerprint density at radius 2 is 1.27 bits per heavy atom. The number of alkyl halides is 6. The monoisotopic (exact) mass is 1350 g/mol. The Balaban J connectivity index is 0.618. The van der Waals surface area contributed by atoms with Crippen LogP contribution < -0.4 is 10.2 Å². The average Bonchev–Trinajstić information content (AvgIpc) is 1.59. The predicted molar refractivity (Wildman–Crippen MR) is 355 cm³/mol. The van der Waals surface area contributed by atoms with Crippen LogP contribution in [0.1, 0.15) is 106 Å². The van der Waals surface area contributed by atoms with Gasteiger partial charge in [0.15, 0.2) is 0 Å². The quantitative estimate of drug-likeness (QED) is 0.0431. The fourth-order valence-electron chi connectivity index (χ4n) is 13.8. The molecule has 1 aliphatic carbocycles. The third-order valence-electron chi connectivity index (χ3n) is 19.7. The van der Waals surface area contributed by atoms with Crippen LogP contribution in [0.4, 0.5) is 46.9 Å². The topological polar surface area (TPSA) is 148 Å². The minimum atomic E-state index is -5.15. The van der Waals surface area contributed by atoms with E-state index in [1.807, 2.05) is 105 Å². The summed E-state index contributed by atoms with van der Waals surface area (Å²) in [5.41, 5.74) is 1.23. The summed E-state index contributed by atoms with van der Waals surface area (Å²) in [6.45, 7) is 5.27. The van der Waals surface area contributed by atoms with Crippen LogP contribution in [0.15, 0.2) is 146 Å². The number of fused-ring (bicyclic) bond motifs is 2. The zero-order valence-electron chi connectivity index (χ0n) is 55.3. The SMILES string of the molecule is CN(CCN1CCC(OC(=O)Nc2ccccc2-c2ccccc2)CC1)C(=O)CCCCN(C)c1ccc(C(=O)N(C)CCCN(C)C(=O)CO[C@H]2Cc3ccccc3C23CCN(CC[C@]2(c4ccc(F)cc4)CN(C(=O)c4cc(C(F)(F)F)cc(C(F)(F)F)c4)CO2)CC3)cc1. The summed E-state index contributed by atoms with van der Waals surface area (Å²) in [4.78, 5) is 79.7. The number of ether oxygens (including phenoxy) is 3. The molecule has 6 aromatic rings. The lowest BCUT2D eigenvalue weighted by molar-refractivity contribution is -0.143. The first kappa shape index (κ1) is 71.4. The Bertz CT molecular complexity index is 3650.